The Morgan fingerprint density at radius 2 is 1.85 bits per heavy atom. The molecule has 8 nitrogen and oxygen atoms in total. The first-order chi connectivity index (χ1) is 12.4. The van der Waals surface area contributed by atoms with Crippen LogP contribution in [0.2, 0.25) is 5.02 Å². The minimum absolute atomic E-state index is 0.0328. The third kappa shape index (κ3) is 4.20. The van der Waals surface area contributed by atoms with Crippen LogP contribution in [-0.2, 0) is 6.54 Å². The summed E-state index contributed by atoms with van der Waals surface area (Å²) in [4.78, 5) is 31.2. The maximum atomic E-state index is 12.6. The van der Waals surface area contributed by atoms with Crippen molar-refractivity contribution in [3.63, 3.8) is 0 Å². The van der Waals surface area contributed by atoms with Gasteiger partial charge in [0.2, 0.25) is 11.9 Å². The molecule has 1 aromatic heterocycles. The lowest BCUT2D eigenvalue weighted by molar-refractivity contribution is 0.0625. The van der Waals surface area contributed by atoms with E-state index in [4.69, 9.17) is 17.3 Å². The molecular formula is C17H22ClN7O. The Hall–Kier alpha value is -2.45. The van der Waals surface area contributed by atoms with Crippen LogP contribution in [0.15, 0.2) is 24.3 Å². The van der Waals surface area contributed by atoms with E-state index in [0.717, 1.165) is 13.1 Å². The summed E-state index contributed by atoms with van der Waals surface area (Å²) >= 11 is 6.13. The number of carbonyl (C=O) groups excluding carboxylic acids is 1. The maximum Gasteiger partial charge on any atom is 0.255 e. The van der Waals surface area contributed by atoms with Crippen molar-refractivity contribution in [2.24, 2.45) is 0 Å². The molecule has 1 amide bonds. The second kappa shape index (κ2) is 7.84. The van der Waals surface area contributed by atoms with Crippen molar-refractivity contribution < 1.29 is 4.79 Å². The third-order valence-corrected chi connectivity index (χ3v) is 4.55. The minimum atomic E-state index is -0.0328. The predicted octanol–water partition coefficient (Wildman–Crippen LogP) is 1.13. The van der Waals surface area contributed by atoms with E-state index in [1.807, 2.05) is 31.1 Å². The van der Waals surface area contributed by atoms with Gasteiger partial charge in [0.25, 0.3) is 5.91 Å². The number of halogens is 1. The van der Waals surface area contributed by atoms with Crippen LogP contribution in [0.1, 0.15) is 16.2 Å². The van der Waals surface area contributed by atoms with Gasteiger partial charge in [-0.05, 0) is 12.1 Å². The summed E-state index contributed by atoms with van der Waals surface area (Å²) in [7, 11) is 3.72. The van der Waals surface area contributed by atoms with E-state index in [-0.39, 0.29) is 11.9 Å². The Kier molecular flexibility index (Phi) is 5.53. The van der Waals surface area contributed by atoms with Gasteiger partial charge in [-0.25, -0.2) is 0 Å². The quantitative estimate of drug-likeness (QED) is 0.856. The van der Waals surface area contributed by atoms with Crippen LogP contribution in [-0.4, -0.2) is 70.9 Å². The molecule has 1 aliphatic heterocycles. The van der Waals surface area contributed by atoms with Crippen molar-refractivity contribution >= 4 is 29.4 Å². The molecule has 138 valence electrons. The number of benzene rings is 1. The van der Waals surface area contributed by atoms with Crippen LogP contribution in [0.3, 0.4) is 0 Å². The van der Waals surface area contributed by atoms with Crippen LogP contribution in [0.4, 0.5) is 11.9 Å². The van der Waals surface area contributed by atoms with E-state index < -0.39 is 0 Å². The van der Waals surface area contributed by atoms with Crippen molar-refractivity contribution in [3.8, 4) is 0 Å². The highest BCUT2D eigenvalue weighted by Crippen LogP contribution is 2.18. The molecule has 0 aliphatic carbocycles. The van der Waals surface area contributed by atoms with Crippen molar-refractivity contribution in [1.82, 2.24) is 24.8 Å². The fourth-order valence-corrected chi connectivity index (χ4v) is 3.03. The fourth-order valence-electron chi connectivity index (χ4n) is 2.81. The van der Waals surface area contributed by atoms with Gasteiger partial charge in [-0.3, -0.25) is 9.69 Å². The van der Waals surface area contributed by atoms with Gasteiger partial charge < -0.3 is 15.5 Å². The van der Waals surface area contributed by atoms with Crippen LogP contribution in [0.25, 0.3) is 0 Å². The molecule has 2 aromatic rings. The van der Waals surface area contributed by atoms with E-state index in [0.29, 0.717) is 42.0 Å². The second-order valence-electron chi connectivity index (χ2n) is 6.35. The molecule has 1 fully saturated rings. The molecule has 1 aliphatic rings. The van der Waals surface area contributed by atoms with Crippen LogP contribution < -0.4 is 10.6 Å². The first-order valence-corrected chi connectivity index (χ1v) is 8.76. The van der Waals surface area contributed by atoms with Crippen molar-refractivity contribution in [2.75, 3.05) is 50.9 Å². The molecule has 0 bridgehead atoms. The standard InChI is InChI=1S/C17H22ClN7O/c1-23(2)17-21-14(20-16(19)22-17)11-24-7-9-25(10-8-24)15(26)12-5-3-4-6-13(12)18/h3-6H,7-11H2,1-2H3,(H2,19,20,21,22). The Bertz CT molecular complexity index is 790. The smallest absolute Gasteiger partial charge is 0.255 e. The number of hydrogen-bond donors (Lipinski definition) is 1. The zero-order valence-electron chi connectivity index (χ0n) is 14.9. The zero-order valence-corrected chi connectivity index (χ0v) is 15.6. The van der Waals surface area contributed by atoms with Gasteiger partial charge in [0.15, 0.2) is 0 Å². The number of amides is 1. The molecule has 2 heterocycles. The highest BCUT2D eigenvalue weighted by molar-refractivity contribution is 6.33. The summed E-state index contributed by atoms with van der Waals surface area (Å²) < 4.78 is 0. The summed E-state index contributed by atoms with van der Waals surface area (Å²) in [6.07, 6.45) is 0. The van der Waals surface area contributed by atoms with Gasteiger partial charge in [0.1, 0.15) is 5.82 Å². The summed E-state index contributed by atoms with van der Waals surface area (Å²) in [5, 5.41) is 0.483. The molecule has 0 unspecified atom stereocenters. The lowest BCUT2D eigenvalue weighted by Gasteiger charge is -2.34. The maximum absolute atomic E-state index is 12.6. The molecule has 1 saturated heterocycles. The molecule has 1 aromatic carbocycles. The van der Waals surface area contributed by atoms with E-state index in [2.05, 4.69) is 19.9 Å². The summed E-state index contributed by atoms with van der Waals surface area (Å²) in [6, 6.07) is 7.13. The number of nitrogens with zero attached hydrogens (tertiary/aromatic N) is 6. The molecule has 0 atom stereocenters. The second-order valence-corrected chi connectivity index (χ2v) is 6.76. The Labute approximate surface area is 157 Å². The molecule has 9 heteroatoms. The predicted molar refractivity (Wildman–Crippen MR) is 101 cm³/mol. The molecular weight excluding hydrogens is 354 g/mol. The normalized spacial score (nSPS) is 15.1. The molecule has 0 saturated carbocycles. The number of nitrogen functional groups attached to an aromatic ring is 1. The molecule has 2 N–H and O–H groups in total. The molecule has 3 rings (SSSR count). The van der Waals surface area contributed by atoms with Crippen molar-refractivity contribution in [3.05, 3.63) is 40.7 Å². The SMILES string of the molecule is CN(C)c1nc(N)nc(CN2CCN(C(=O)c3ccccc3Cl)CC2)n1. The molecule has 0 radical (unpaired) electrons. The van der Waals surface area contributed by atoms with Crippen LogP contribution >= 0.6 is 11.6 Å². The number of piperazine rings is 1. The van der Waals surface area contributed by atoms with Crippen LogP contribution in [0, 0.1) is 0 Å². The van der Waals surface area contributed by atoms with Gasteiger partial charge in [-0.15, -0.1) is 0 Å². The largest absolute Gasteiger partial charge is 0.368 e. The van der Waals surface area contributed by atoms with Crippen molar-refractivity contribution in [2.45, 2.75) is 6.54 Å². The lowest BCUT2D eigenvalue weighted by atomic mass is 10.2. The topological polar surface area (TPSA) is 91.5 Å². The average molecular weight is 376 g/mol. The Morgan fingerprint density at radius 3 is 2.50 bits per heavy atom. The molecule has 0 spiro atoms. The van der Waals surface area contributed by atoms with Gasteiger partial charge in [0, 0.05) is 40.3 Å². The number of hydrogen-bond acceptors (Lipinski definition) is 7. The fraction of sp³-hybridized carbons (Fsp3) is 0.412. The van der Waals surface area contributed by atoms with Crippen LogP contribution in [0.5, 0.6) is 0 Å². The first-order valence-electron chi connectivity index (χ1n) is 8.38. The monoisotopic (exact) mass is 375 g/mol. The Balaban J connectivity index is 1.61. The highest BCUT2D eigenvalue weighted by Gasteiger charge is 2.24. The van der Waals surface area contributed by atoms with Gasteiger partial charge in [-0.2, -0.15) is 15.0 Å². The van der Waals surface area contributed by atoms with E-state index >= 15 is 0 Å². The Morgan fingerprint density at radius 1 is 1.15 bits per heavy atom. The van der Waals surface area contributed by atoms with Gasteiger partial charge in [-0.1, -0.05) is 23.7 Å². The van der Waals surface area contributed by atoms with E-state index in [9.17, 15) is 4.79 Å². The zero-order chi connectivity index (χ0) is 18.7. The van der Waals surface area contributed by atoms with E-state index in [1.54, 1.807) is 17.0 Å². The van der Waals surface area contributed by atoms with E-state index in [1.165, 1.54) is 0 Å². The number of carbonyl (C=O) groups is 1. The average Bonchev–Trinajstić information content (AvgIpc) is 2.61. The van der Waals surface area contributed by atoms with Gasteiger partial charge >= 0.3 is 0 Å². The lowest BCUT2D eigenvalue weighted by Crippen LogP contribution is -2.48. The van der Waals surface area contributed by atoms with Crippen molar-refractivity contribution in [1.29, 1.82) is 0 Å². The highest BCUT2D eigenvalue weighted by atomic mass is 35.5. The first kappa shape index (κ1) is 18.3. The summed E-state index contributed by atoms with van der Waals surface area (Å²) in [6.45, 7) is 3.30. The van der Waals surface area contributed by atoms with Gasteiger partial charge in [0.05, 0.1) is 17.1 Å². The third-order valence-electron chi connectivity index (χ3n) is 4.22. The molecule has 26 heavy (non-hydrogen) atoms. The minimum Gasteiger partial charge on any atom is -0.368 e. The number of anilines is 2. The number of aromatic nitrogens is 3. The number of rotatable bonds is 4. The number of nitrogens with two attached hydrogens (primary N) is 1. The summed E-state index contributed by atoms with van der Waals surface area (Å²) in [5.41, 5.74) is 6.31. The summed E-state index contributed by atoms with van der Waals surface area (Å²) in [5.74, 6) is 1.35.